The van der Waals surface area contributed by atoms with Crippen molar-refractivity contribution in [1.82, 2.24) is 5.32 Å². The van der Waals surface area contributed by atoms with Crippen LogP contribution in [0.5, 0.6) is 0 Å². The molecule has 1 fully saturated rings. The fourth-order valence-corrected chi connectivity index (χ4v) is 2.47. The molecule has 15 heavy (non-hydrogen) atoms. The molecule has 1 aromatic rings. The van der Waals surface area contributed by atoms with Crippen molar-refractivity contribution in [2.24, 2.45) is 0 Å². The van der Waals surface area contributed by atoms with Crippen LogP contribution < -0.4 is 5.32 Å². The largest absolute Gasteiger partial charge is 0.303 e. The molecule has 0 bridgehead atoms. The second-order valence-electron chi connectivity index (χ2n) is 5.35. The van der Waals surface area contributed by atoms with Crippen molar-refractivity contribution in [3.8, 4) is 0 Å². The van der Waals surface area contributed by atoms with Crippen LogP contribution in [0.15, 0.2) is 24.3 Å². The minimum atomic E-state index is -0.167. The second-order valence-corrected chi connectivity index (χ2v) is 5.35. The van der Waals surface area contributed by atoms with Gasteiger partial charge in [-0.25, -0.2) is 4.39 Å². The highest BCUT2D eigenvalue weighted by molar-refractivity contribution is 5.26. The van der Waals surface area contributed by atoms with E-state index in [-0.39, 0.29) is 16.9 Å². The van der Waals surface area contributed by atoms with Crippen LogP contribution in [0.1, 0.15) is 39.2 Å². The van der Waals surface area contributed by atoms with Crippen molar-refractivity contribution >= 4 is 0 Å². The van der Waals surface area contributed by atoms with Gasteiger partial charge in [-0.3, -0.25) is 0 Å². The second kappa shape index (κ2) is 3.31. The van der Waals surface area contributed by atoms with E-state index in [9.17, 15) is 4.39 Å². The SMILES string of the molecule is CC1(C)CCC(C)(c2ccc(F)cc2)N1. The quantitative estimate of drug-likeness (QED) is 0.745. The minimum absolute atomic E-state index is 0.00278. The van der Waals surface area contributed by atoms with Crippen LogP contribution in [0.3, 0.4) is 0 Å². The van der Waals surface area contributed by atoms with Crippen LogP contribution in [0.2, 0.25) is 0 Å². The molecule has 0 radical (unpaired) electrons. The van der Waals surface area contributed by atoms with E-state index in [1.54, 1.807) is 0 Å². The van der Waals surface area contributed by atoms with E-state index >= 15 is 0 Å². The van der Waals surface area contributed by atoms with Gasteiger partial charge in [0.15, 0.2) is 0 Å². The maximum atomic E-state index is 12.8. The Balaban J connectivity index is 2.27. The predicted octanol–water partition coefficient (Wildman–Crippen LogP) is 3.20. The third-order valence-electron chi connectivity index (χ3n) is 3.35. The molecule has 1 heterocycles. The van der Waals surface area contributed by atoms with Gasteiger partial charge in [-0.15, -0.1) is 0 Å². The third kappa shape index (κ3) is 2.05. The molecule has 1 N–H and O–H groups in total. The van der Waals surface area contributed by atoms with Crippen molar-refractivity contribution in [2.45, 2.75) is 44.7 Å². The van der Waals surface area contributed by atoms with Gasteiger partial charge >= 0.3 is 0 Å². The number of halogens is 1. The highest BCUT2D eigenvalue weighted by atomic mass is 19.1. The average Bonchev–Trinajstić information content (AvgIpc) is 2.43. The van der Waals surface area contributed by atoms with Gasteiger partial charge in [0.05, 0.1) is 0 Å². The van der Waals surface area contributed by atoms with E-state index in [4.69, 9.17) is 0 Å². The Kier molecular flexibility index (Phi) is 2.34. The molecule has 0 spiro atoms. The van der Waals surface area contributed by atoms with E-state index < -0.39 is 0 Å². The summed E-state index contributed by atoms with van der Waals surface area (Å²) < 4.78 is 12.8. The smallest absolute Gasteiger partial charge is 0.123 e. The Labute approximate surface area is 90.7 Å². The molecule has 1 aromatic carbocycles. The fraction of sp³-hybridized carbons (Fsp3) is 0.538. The van der Waals surface area contributed by atoms with Gasteiger partial charge in [-0.2, -0.15) is 0 Å². The van der Waals surface area contributed by atoms with E-state index in [1.807, 2.05) is 12.1 Å². The van der Waals surface area contributed by atoms with Gasteiger partial charge in [0, 0.05) is 11.1 Å². The molecule has 1 aliphatic rings. The molecule has 82 valence electrons. The number of rotatable bonds is 1. The van der Waals surface area contributed by atoms with E-state index in [0.717, 1.165) is 12.8 Å². The molecule has 1 nitrogen and oxygen atoms in total. The zero-order chi connectivity index (χ0) is 11.1. The molecular formula is C13H18FN. The van der Waals surface area contributed by atoms with Gasteiger partial charge in [-0.1, -0.05) is 12.1 Å². The summed E-state index contributed by atoms with van der Waals surface area (Å²) in [6.07, 6.45) is 2.26. The summed E-state index contributed by atoms with van der Waals surface area (Å²) in [6.45, 7) is 6.61. The lowest BCUT2D eigenvalue weighted by molar-refractivity contribution is 0.353. The summed E-state index contributed by atoms with van der Waals surface area (Å²) in [4.78, 5) is 0. The fourth-order valence-electron chi connectivity index (χ4n) is 2.47. The first-order valence-corrected chi connectivity index (χ1v) is 5.47. The number of hydrogen-bond acceptors (Lipinski definition) is 1. The van der Waals surface area contributed by atoms with Crippen LogP contribution in [0.4, 0.5) is 4.39 Å². The minimum Gasteiger partial charge on any atom is -0.303 e. The molecule has 1 unspecified atom stereocenters. The number of benzene rings is 1. The van der Waals surface area contributed by atoms with Crippen LogP contribution >= 0.6 is 0 Å². The molecule has 1 saturated heterocycles. The molecule has 2 heteroatoms. The van der Waals surface area contributed by atoms with Gasteiger partial charge < -0.3 is 5.32 Å². The first-order chi connectivity index (χ1) is 6.91. The maximum absolute atomic E-state index is 12.8. The Morgan fingerprint density at radius 3 is 2.13 bits per heavy atom. The van der Waals surface area contributed by atoms with Crippen molar-refractivity contribution in [2.75, 3.05) is 0 Å². The van der Waals surface area contributed by atoms with Crippen LogP contribution in [0, 0.1) is 5.82 Å². The molecular weight excluding hydrogens is 189 g/mol. The summed E-state index contributed by atoms with van der Waals surface area (Å²) in [5.41, 5.74) is 1.36. The van der Waals surface area contributed by atoms with E-state index in [2.05, 4.69) is 26.1 Å². The van der Waals surface area contributed by atoms with Crippen molar-refractivity contribution in [1.29, 1.82) is 0 Å². The van der Waals surface area contributed by atoms with Crippen LogP contribution in [-0.2, 0) is 5.54 Å². The Bertz CT molecular complexity index is 355. The normalized spacial score (nSPS) is 29.3. The standard InChI is InChI=1S/C13H18FN/c1-12(2)8-9-13(3,15-12)10-4-6-11(14)7-5-10/h4-7,15H,8-9H2,1-3H3. The lowest BCUT2D eigenvalue weighted by Crippen LogP contribution is -2.43. The summed E-state index contributed by atoms with van der Waals surface area (Å²) in [7, 11) is 0. The number of hydrogen-bond donors (Lipinski definition) is 1. The van der Waals surface area contributed by atoms with Gasteiger partial charge in [0.1, 0.15) is 5.82 Å². The summed E-state index contributed by atoms with van der Waals surface area (Å²) in [5.74, 6) is -0.167. The first-order valence-electron chi connectivity index (χ1n) is 5.47. The van der Waals surface area contributed by atoms with Crippen molar-refractivity contribution in [3.05, 3.63) is 35.6 Å². The number of nitrogens with one attached hydrogen (secondary N) is 1. The predicted molar refractivity (Wildman–Crippen MR) is 60.2 cm³/mol. The Hall–Kier alpha value is -0.890. The van der Waals surface area contributed by atoms with E-state index in [1.165, 1.54) is 17.7 Å². The lowest BCUT2D eigenvalue weighted by atomic mass is 9.90. The highest BCUT2D eigenvalue weighted by Gasteiger charge is 2.39. The zero-order valence-electron chi connectivity index (χ0n) is 9.60. The van der Waals surface area contributed by atoms with E-state index in [0.29, 0.717) is 0 Å². The highest BCUT2D eigenvalue weighted by Crippen LogP contribution is 2.37. The third-order valence-corrected chi connectivity index (χ3v) is 3.35. The molecule has 0 saturated carbocycles. The van der Waals surface area contributed by atoms with Gasteiger partial charge in [-0.05, 0) is 51.3 Å². The Morgan fingerprint density at radius 2 is 1.67 bits per heavy atom. The summed E-state index contributed by atoms with van der Waals surface area (Å²) in [6, 6.07) is 6.83. The maximum Gasteiger partial charge on any atom is 0.123 e. The molecule has 0 aromatic heterocycles. The zero-order valence-corrected chi connectivity index (χ0v) is 9.60. The van der Waals surface area contributed by atoms with Crippen molar-refractivity contribution in [3.63, 3.8) is 0 Å². The lowest BCUT2D eigenvalue weighted by Gasteiger charge is -2.29. The van der Waals surface area contributed by atoms with Crippen LogP contribution in [0.25, 0.3) is 0 Å². The van der Waals surface area contributed by atoms with Gasteiger partial charge in [0.2, 0.25) is 0 Å². The topological polar surface area (TPSA) is 12.0 Å². The summed E-state index contributed by atoms with van der Waals surface area (Å²) in [5, 5.41) is 3.62. The average molecular weight is 207 g/mol. The van der Waals surface area contributed by atoms with Gasteiger partial charge in [0.25, 0.3) is 0 Å². The molecule has 0 aliphatic carbocycles. The van der Waals surface area contributed by atoms with Crippen molar-refractivity contribution < 1.29 is 4.39 Å². The van der Waals surface area contributed by atoms with Crippen LogP contribution in [-0.4, -0.2) is 5.54 Å². The molecule has 1 aliphatic heterocycles. The molecule has 0 amide bonds. The summed E-state index contributed by atoms with van der Waals surface area (Å²) >= 11 is 0. The Morgan fingerprint density at radius 1 is 1.07 bits per heavy atom. The first kappa shape index (κ1) is 10.6. The monoisotopic (exact) mass is 207 g/mol. The molecule has 1 atom stereocenters. The molecule has 2 rings (SSSR count).